The van der Waals surface area contributed by atoms with Gasteiger partial charge in [-0.3, -0.25) is 4.79 Å². The van der Waals surface area contributed by atoms with Gasteiger partial charge in [-0.05, 0) is 85.4 Å². The lowest BCUT2D eigenvalue weighted by molar-refractivity contribution is -0.242. The second-order valence-corrected chi connectivity index (χ2v) is 14.1. The highest BCUT2D eigenvalue weighted by Gasteiger charge is 2.70. The Morgan fingerprint density at radius 2 is 1.74 bits per heavy atom. The summed E-state index contributed by atoms with van der Waals surface area (Å²) in [6, 6.07) is 0. The van der Waals surface area contributed by atoms with Crippen LogP contribution < -0.4 is 0 Å². The first-order valence-corrected chi connectivity index (χ1v) is 13.8. The van der Waals surface area contributed by atoms with E-state index in [2.05, 4.69) is 40.3 Å². The fraction of sp³-hybridized carbons (Fsp3) is 0.833. The Kier molecular flexibility index (Phi) is 5.59. The number of aliphatic carboxylic acids is 1. The minimum absolute atomic E-state index is 0.0493. The molecule has 0 spiro atoms. The maximum Gasteiger partial charge on any atom is 0.310 e. The van der Waals surface area contributed by atoms with Crippen molar-refractivity contribution in [3.05, 3.63) is 23.8 Å². The van der Waals surface area contributed by atoms with Crippen LogP contribution in [0.5, 0.6) is 0 Å². The Morgan fingerprint density at radius 3 is 2.37 bits per heavy atom. The van der Waals surface area contributed by atoms with Crippen LogP contribution in [-0.2, 0) is 4.79 Å². The van der Waals surface area contributed by atoms with Gasteiger partial charge in [-0.25, -0.2) is 0 Å². The zero-order valence-electron chi connectivity index (χ0n) is 22.3. The molecule has 0 saturated heterocycles. The van der Waals surface area contributed by atoms with Crippen molar-refractivity contribution in [1.29, 1.82) is 0 Å². The highest BCUT2D eigenvalue weighted by Crippen LogP contribution is 2.75. The lowest BCUT2D eigenvalue weighted by Gasteiger charge is -2.71. The van der Waals surface area contributed by atoms with Crippen molar-refractivity contribution < 1.29 is 25.2 Å². The molecule has 0 bridgehead atoms. The van der Waals surface area contributed by atoms with Crippen molar-refractivity contribution in [3.8, 4) is 0 Å². The highest BCUT2D eigenvalue weighted by molar-refractivity contribution is 5.77. The molecule has 11 atom stereocenters. The van der Waals surface area contributed by atoms with Crippen LogP contribution in [0.4, 0.5) is 0 Å². The molecule has 0 heterocycles. The predicted octanol–water partition coefficient (Wildman–Crippen LogP) is 4.95. The molecule has 0 amide bonds. The minimum Gasteiger partial charge on any atom is -0.481 e. The molecule has 4 N–H and O–H groups in total. The minimum atomic E-state index is -0.918. The van der Waals surface area contributed by atoms with Gasteiger partial charge in [0.2, 0.25) is 0 Å². The predicted molar refractivity (Wildman–Crippen MR) is 135 cm³/mol. The Hall–Kier alpha value is -1.17. The molecule has 5 aliphatic rings. The Labute approximate surface area is 210 Å². The summed E-state index contributed by atoms with van der Waals surface area (Å²) in [6.07, 6.45) is 7.05. The number of fused-ring (bicyclic) bond motifs is 7. The molecular weight excluding hydrogens is 440 g/mol. The van der Waals surface area contributed by atoms with Crippen LogP contribution >= 0.6 is 0 Å². The van der Waals surface area contributed by atoms with Crippen molar-refractivity contribution in [2.45, 2.75) is 98.2 Å². The summed E-state index contributed by atoms with van der Waals surface area (Å²) in [5.41, 5.74) is 0.547. The molecule has 0 radical (unpaired) electrons. The number of hydrogen-bond donors (Lipinski definition) is 4. The fourth-order valence-electron chi connectivity index (χ4n) is 10.6. The van der Waals surface area contributed by atoms with Crippen molar-refractivity contribution in [1.82, 2.24) is 0 Å². The summed E-state index contributed by atoms with van der Waals surface area (Å²) >= 11 is 0. The van der Waals surface area contributed by atoms with Gasteiger partial charge in [-0.15, -0.1) is 0 Å². The van der Waals surface area contributed by atoms with Crippen LogP contribution in [0.3, 0.4) is 0 Å². The van der Waals surface area contributed by atoms with Crippen molar-refractivity contribution >= 4 is 5.97 Å². The van der Waals surface area contributed by atoms with Crippen molar-refractivity contribution in [2.75, 3.05) is 6.61 Å². The number of carboxylic acids is 1. The van der Waals surface area contributed by atoms with Gasteiger partial charge in [-0.2, -0.15) is 0 Å². The lowest BCUT2D eigenvalue weighted by atomic mass is 9.33. The number of allylic oxidation sites excluding steroid dienone is 3. The van der Waals surface area contributed by atoms with E-state index in [0.29, 0.717) is 24.7 Å². The first-order chi connectivity index (χ1) is 16.2. The average molecular weight is 487 g/mol. The van der Waals surface area contributed by atoms with Crippen LogP contribution in [0.2, 0.25) is 0 Å². The summed E-state index contributed by atoms with van der Waals surface area (Å²) in [5, 5.41) is 42.8. The zero-order valence-corrected chi connectivity index (χ0v) is 22.3. The average Bonchev–Trinajstić information content (AvgIpc) is 2.80. The van der Waals surface area contributed by atoms with E-state index in [1.807, 2.05) is 6.92 Å². The third-order valence-corrected chi connectivity index (χ3v) is 13.0. The van der Waals surface area contributed by atoms with Crippen molar-refractivity contribution in [2.24, 2.45) is 50.7 Å². The molecule has 5 aliphatic carbocycles. The van der Waals surface area contributed by atoms with E-state index in [1.54, 1.807) is 0 Å². The monoisotopic (exact) mass is 486 g/mol. The van der Waals surface area contributed by atoms with Gasteiger partial charge in [0.15, 0.2) is 0 Å². The molecule has 0 aromatic heterocycles. The molecule has 5 rings (SSSR count). The summed E-state index contributed by atoms with van der Waals surface area (Å²) in [4.78, 5) is 12.8. The quantitative estimate of drug-likeness (QED) is 0.414. The maximum absolute atomic E-state index is 12.8. The van der Waals surface area contributed by atoms with E-state index < -0.39 is 29.0 Å². The van der Waals surface area contributed by atoms with Crippen LogP contribution in [0.15, 0.2) is 23.8 Å². The van der Waals surface area contributed by atoms with Crippen LogP contribution in [-0.4, -0.2) is 45.2 Å². The lowest BCUT2D eigenvalue weighted by Crippen LogP contribution is -2.68. The second-order valence-electron chi connectivity index (χ2n) is 14.1. The summed E-state index contributed by atoms with van der Waals surface area (Å²) in [6.45, 7) is 15.6. The summed E-state index contributed by atoms with van der Waals surface area (Å²) in [5.74, 6) is -0.0184. The molecule has 5 heteroatoms. The third-order valence-electron chi connectivity index (χ3n) is 13.0. The number of carbonyl (C=O) groups is 1. The number of carboxylic acid groups (broad SMARTS) is 1. The Bertz CT molecular complexity index is 972. The van der Waals surface area contributed by atoms with E-state index in [4.69, 9.17) is 0 Å². The number of rotatable bonds is 2. The number of aliphatic hydroxyl groups excluding tert-OH is 3. The van der Waals surface area contributed by atoms with Gasteiger partial charge in [-0.1, -0.05) is 58.4 Å². The second kappa shape index (κ2) is 7.68. The molecule has 4 fully saturated rings. The summed E-state index contributed by atoms with van der Waals surface area (Å²) in [7, 11) is 0. The van der Waals surface area contributed by atoms with Crippen molar-refractivity contribution in [3.63, 3.8) is 0 Å². The SMILES string of the molecule is C=C1[C@H]2C3=CC[C@@H]4[C@@]5(C)C[C@H](O)[C@H](O)C(C)(CO)[C@@H]5CC[C@@]4(C)[C@]3(C)CC[C@@]2(C(=O)O)CC[C@H]1C. The molecule has 196 valence electrons. The van der Waals surface area contributed by atoms with Gasteiger partial charge < -0.3 is 20.4 Å². The third kappa shape index (κ3) is 2.89. The normalized spacial score (nSPS) is 55.7. The van der Waals surface area contributed by atoms with E-state index >= 15 is 0 Å². The Morgan fingerprint density at radius 1 is 1.06 bits per heavy atom. The smallest absolute Gasteiger partial charge is 0.310 e. The molecule has 0 aromatic rings. The standard InChI is InChI=1S/C30H46O5/c1-17-9-12-30(25(34)35)14-13-28(5)19(23(30)18(17)2)7-8-22-26(3)15-20(32)24(33)27(4,16-31)21(26)10-11-29(22,28)6/h7,17,20-24,31-33H,2,8-16H2,1,3-6H3,(H,34,35)/t17-,20+,21-,22-,23+,24+,26+,27?,28-,29-,30+/m1/s1. The summed E-state index contributed by atoms with van der Waals surface area (Å²) < 4.78 is 0. The van der Waals surface area contributed by atoms with E-state index in [-0.39, 0.29) is 34.7 Å². The topological polar surface area (TPSA) is 98.0 Å². The van der Waals surface area contributed by atoms with Gasteiger partial charge in [0.05, 0.1) is 24.2 Å². The first-order valence-electron chi connectivity index (χ1n) is 13.8. The van der Waals surface area contributed by atoms with Gasteiger partial charge in [0.1, 0.15) is 0 Å². The molecule has 5 nitrogen and oxygen atoms in total. The molecule has 0 aliphatic heterocycles. The fourth-order valence-corrected chi connectivity index (χ4v) is 10.6. The van der Waals surface area contributed by atoms with Gasteiger partial charge >= 0.3 is 5.97 Å². The van der Waals surface area contributed by atoms with Gasteiger partial charge in [0, 0.05) is 11.3 Å². The van der Waals surface area contributed by atoms with E-state index in [1.165, 1.54) is 5.57 Å². The molecule has 0 aromatic carbocycles. The van der Waals surface area contributed by atoms with E-state index in [9.17, 15) is 25.2 Å². The van der Waals surface area contributed by atoms with Gasteiger partial charge in [0.25, 0.3) is 0 Å². The zero-order chi connectivity index (χ0) is 25.8. The molecule has 35 heavy (non-hydrogen) atoms. The highest BCUT2D eigenvalue weighted by atomic mass is 16.4. The van der Waals surface area contributed by atoms with E-state index in [0.717, 1.165) is 44.1 Å². The Balaban J connectivity index is 1.63. The molecular formula is C30H46O5. The van der Waals surface area contributed by atoms with Crippen LogP contribution in [0.1, 0.15) is 86.0 Å². The molecule has 1 unspecified atom stereocenters. The number of hydrogen-bond acceptors (Lipinski definition) is 4. The maximum atomic E-state index is 12.8. The molecule has 4 saturated carbocycles. The van der Waals surface area contributed by atoms with Crippen LogP contribution in [0.25, 0.3) is 0 Å². The first kappa shape index (κ1) is 25.5. The van der Waals surface area contributed by atoms with Crippen LogP contribution in [0, 0.1) is 50.7 Å². The number of aliphatic hydroxyl groups is 3. The largest absolute Gasteiger partial charge is 0.481 e.